The number of hydrogen-bond donors (Lipinski definition) is 3. The molecule has 162 valence electrons. The zero-order valence-electron chi connectivity index (χ0n) is 18.7. The number of carbonyl (C=O) groups is 2. The van der Waals surface area contributed by atoms with Crippen LogP contribution in [0.5, 0.6) is 0 Å². The van der Waals surface area contributed by atoms with Crippen molar-refractivity contribution in [3.05, 3.63) is 53.6 Å². The Morgan fingerprint density at radius 3 is 2.33 bits per heavy atom. The number of benzene rings is 2. The standard InChI is InChI=1S/C24H33N3O2S/c1-6-27(7-2)16-18(4)15-25-24(29)20-10-13-23(22(14-20)26-19(5)28)30-21-11-8-17(3)9-12-21/h8-14,18H,6-7,15-16H2,1-5H3,(H,25,29)(H,26,28)/p+1. The van der Waals surface area contributed by atoms with Gasteiger partial charge < -0.3 is 15.5 Å². The zero-order valence-corrected chi connectivity index (χ0v) is 19.5. The van der Waals surface area contributed by atoms with Gasteiger partial charge in [0.05, 0.1) is 25.3 Å². The molecule has 0 bridgehead atoms. The molecule has 2 aromatic rings. The summed E-state index contributed by atoms with van der Waals surface area (Å²) in [6.45, 7) is 13.9. The van der Waals surface area contributed by atoms with Crippen LogP contribution in [0.1, 0.15) is 43.6 Å². The van der Waals surface area contributed by atoms with Crippen molar-refractivity contribution in [2.45, 2.75) is 44.4 Å². The zero-order chi connectivity index (χ0) is 22.1. The van der Waals surface area contributed by atoms with Gasteiger partial charge in [-0.25, -0.2) is 0 Å². The summed E-state index contributed by atoms with van der Waals surface area (Å²) in [6.07, 6.45) is 0. The van der Waals surface area contributed by atoms with E-state index in [0.717, 1.165) is 29.4 Å². The molecule has 0 spiro atoms. The van der Waals surface area contributed by atoms with Crippen LogP contribution in [-0.4, -0.2) is 38.0 Å². The number of carbonyl (C=O) groups excluding carboxylic acids is 2. The first kappa shape index (κ1) is 24.0. The Kier molecular flexibility index (Phi) is 9.40. The number of hydrogen-bond acceptors (Lipinski definition) is 3. The molecule has 2 aromatic carbocycles. The molecule has 2 amide bonds. The fourth-order valence-corrected chi connectivity index (χ4v) is 4.14. The quantitative estimate of drug-likeness (QED) is 0.544. The maximum Gasteiger partial charge on any atom is 0.251 e. The molecule has 0 fully saturated rings. The first-order chi connectivity index (χ1) is 14.3. The number of anilines is 1. The highest BCUT2D eigenvalue weighted by atomic mass is 32.2. The van der Waals surface area contributed by atoms with Gasteiger partial charge in [-0.05, 0) is 51.1 Å². The van der Waals surface area contributed by atoms with Crippen molar-refractivity contribution in [3.63, 3.8) is 0 Å². The highest BCUT2D eigenvalue weighted by Gasteiger charge is 2.15. The average Bonchev–Trinajstić information content (AvgIpc) is 2.72. The summed E-state index contributed by atoms with van der Waals surface area (Å²) in [6, 6.07) is 13.7. The van der Waals surface area contributed by atoms with Crippen molar-refractivity contribution in [3.8, 4) is 0 Å². The molecule has 0 radical (unpaired) electrons. The van der Waals surface area contributed by atoms with Crippen molar-refractivity contribution in [1.29, 1.82) is 0 Å². The lowest BCUT2D eigenvalue weighted by Crippen LogP contribution is -3.12. The normalized spacial score (nSPS) is 11.9. The summed E-state index contributed by atoms with van der Waals surface area (Å²) < 4.78 is 0. The maximum atomic E-state index is 12.7. The third-order valence-corrected chi connectivity index (χ3v) is 6.13. The largest absolute Gasteiger partial charge is 0.352 e. The van der Waals surface area contributed by atoms with Crippen LogP contribution in [0, 0.1) is 12.8 Å². The van der Waals surface area contributed by atoms with E-state index in [9.17, 15) is 9.59 Å². The molecule has 0 saturated heterocycles. The second-order valence-electron chi connectivity index (χ2n) is 7.78. The SMILES string of the molecule is CC[NH+](CC)CC(C)CNC(=O)c1ccc(Sc2ccc(C)cc2)c(NC(C)=O)c1. The second-order valence-corrected chi connectivity index (χ2v) is 8.90. The molecule has 2 rings (SSSR count). The van der Waals surface area contributed by atoms with Gasteiger partial charge in [0.15, 0.2) is 0 Å². The fourth-order valence-electron chi connectivity index (χ4n) is 3.25. The molecule has 3 N–H and O–H groups in total. The lowest BCUT2D eigenvalue weighted by Gasteiger charge is -2.20. The van der Waals surface area contributed by atoms with Gasteiger partial charge >= 0.3 is 0 Å². The molecule has 1 unspecified atom stereocenters. The fraction of sp³-hybridized carbons (Fsp3) is 0.417. The van der Waals surface area contributed by atoms with E-state index >= 15 is 0 Å². The van der Waals surface area contributed by atoms with Crippen molar-refractivity contribution in [2.75, 3.05) is 31.5 Å². The Balaban J connectivity index is 2.09. The molecular formula is C24H34N3O2S+. The maximum absolute atomic E-state index is 12.7. The molecule has 5 nitrogen and oxygen atoms in total. The van der Waals surface area contributed by atoms with Gasteiger partial charge in [0.1, 0.15) is 0 Å². The van der Waals surface area contributed by atoms with Crippen molar-refractivity contribution in [2.24, 2.45) is 5.92 Å². The van der Waals surface area contributed by atoms with Crippen LogP contribution < -0.4 is 15.5 Å². The van der Waals surface area contributed by atoms with Crippen molar-refractivity contribution < 1.29 is 14.5 Å². The van der Waals surface area contributed by atoms with Crippen molar-refractivity contribution >= 4 is 29.3 Å². The summed E-state index contributed by atoms with van der Waals surface area (Å²) in [5.74, 6) is 0.124. The lowest BCUT2D eigenvalue weighted by atomic mass is 10.1. The topological polar surface area (TPSA) is 62.6 Å². The molecule has 0 saturated carbocycles. The van der Waals surface area contributed by atoms with E-state index in [4.69, 9.17) is 0 Å². The van der Waals surface area contributed by atoms with Crippen LogP contribution in [0.4, 0.5) is 5.69 Å². The van der Waals surface area contributed by atoms with Gasteiger partial charge in [0, 0.05) is 34.7 Å². The molecule has 0 aromatic heterocycles. The number of aryl methyl sites for hydroxylation is 1. The minimum atomic E-state index is -0.158. The van der Waals surface area contributed by atoms with Crippen LogP contribution >= 0.6 is 11.8 Å². The number of quaternary nitrogens is 1. The molecule has 6 heteroatoms. The highest BCUT2D eigenvalue weighted by Crippen LogP contribution is 2.34. The van der Waals surface area contributed by atoms with Gasteiger partial charge in [-0.1, -0.05) is 36.4 Å². The molecule has 0 aliphatic heterocycles. The summed E-state index contributed by atoms with van der Waals surface area (Å²) >= 11 is 1.57. The first-order valence-corrected chi connectivity index (χ1v) is 11.4. The van der Waals surface area contributed by atoms with E-state index in [-0.39, 0.29) is 11.8 Å². The Morgan fingerprint density at radius 2 is 1.73 bits per heavy atom. The summed E-state index contributed by atoms with van der Waals surface area (Å²) in [4.78, 5) is 27.9. The number of rotatable bonds is 10. The van der Waals surface area contributed by atoms with E-state index in [0.29, 0.717) is 23.7 Å². The second kappa shape index (κ2) is 11.8. The summed E-state index contributed by atoms with van der Waals surface area (Å²) in [7, 11) is 0. The first-order valence-electron chi connectivity index (χ1n) is 10.6. The summed E-state index contributed by atoms with van der Waals surface area (Å²) in [5.41, 5.74) is 2.40. The molecule has 1 atom stereocenters. The van der Waals surface area contributed by atoms with E-state index < -0.39 is 0 Å². The van der Waals surface area contributed by atoms with E-state index in [1.807, 2.05) is 12.1 Å². The summed E-state index contributed by atoms with van der Waals surface area (Å²) in [5, 5.41) is 5.90. The molecule has 0 aliphatic carbocycles. The van der Waals surface area contributed by atoms with Gasteiger partial charge in [0.25, 0.3) is 5.91 Å². The van der Waals surface area contributed by atoms with Gasteiger partial charge in [-0.2, -0.15) is 0 Å². The van der Waals surface area contributed by atoms with E-state index in [2.05, 4.69) is 62.6 Å². The van der Waals surface area contributed by atoms with Crippen LogP contribution in [-0.2, 0) is 4.79 Å². The Labute approximate surface area is 184 Å². The Bertz CT molecular complexity index is 848. The number of nitrogens with one attached hydrogen (secondary N) is 3. The van der Waals surface area contributed by atoms with E-state index in [1.165, 1.54) is 17.4 Å². The van der Waals surface area contributed by atoms with Gasteiger partial charge in [0.2, 0.25) is 5.91 Å². The monoisotopic (exact) mass is 428 g/mol. The molecule has 30 heavy (non-hydrogen) atoms. The smallest absolute Gasteiger partial charge is 0.251 e. The number of amides is 2. The predicted octanol–water partition coefficient (Wildman–Crippen LogP) is 3.40. The average molecular weight is 429 g/mol. The Hall–Kier alpha value is -2.31. The van der Waals surface area contributed by atoms with Crippen LogP contribution in [0.15, 0.2) is 52.3 Å². The minimum Gasteiger partial charge on any atom is -0.352 e. The third kappa shape index (κ3) is 7.50. The lowest BCUT2D eigenvalue weighted by molar-refractivity contribution is -0.899. The van der Waals surface area contributed by atoms with Gasteiger partial charge in [-0.3, -0.25) is 9.59 Å². The van der Waals surface area contributed by atoms with Crippen LogP contribution in [0.2, 0.25) is 0 Å². The van der Waals surface area contributed by atoms with E-state index in [1.54, 1.807) is 17.8 Å². The van der Waals surface area contributed by atoms with Crippen LogP contribution in [0.25, 0.3) is 0 Å². The minimum absolute atomic E-state index is 0.116. The highest BCUT2D eigenvalue weighted by molar-refractivity contribution is 7.99. The third-order valence-electron chi connectivity index (χ3n) is 5.05. The molecule has 0 heterocycles. The predicted molar refractivity (Wildman–Crippen MR) is 124 cm³/mol. The van der Waals surface area contributed by atoms with Crippen molar-refractivity contribution in [1.82, 2.24) is 5.32 Å². The molecule has 0 aliphatic rings. The van der Waals surface area contributed by atoms with Crippen LogP contribution in [0.3, 0.4) is 0 Å². The Morgan fingerprint density at radius 1 is 1.07 bits per heavy atom. The van der Waals surface area contributed by atoms with Gasteiger partial charge in [-0.15, -0.1) is 0 Å². The molecular weight excluding hydrogens is 394 g/mol.